The van der Waals surface area contributed by atoms with Gasteiger partial charge in [0.1, 0.15) is 11.7 Å². The molecule has 164 valence electrons. The molecular weight excluding hydrogens is 448 g/mol. The lowest BCUT2D eigenvalue weighted by Crippen LogP contribution is -2.38. The zero-order valence-electron chi connectivity index (χ0n) is 17.0. The molecule has 2 N–H and O–H groups in total. The number of nitrogens with one attached hydrogen (secondary N) is 2. The molecule has 0 saturated heterocycles. The van der Waals surface area contributed by atoms with E-state index in [9.17, 15) is 19.7 Å². The maximum Gasteiger partial charge on any atom is 0.332 e. The second-order valence-corrected chi connectivity index (χ2v) is 7.83. The summed E-state index contributed by atoms with van der Waals surface area (Å²) < 4.78 is 0.920. The number of benzene rings is 3. The first-order chi connectivity index (χ1) is 15.4. The fourth-order valence-corrected chi connectivity index (χ4v) is 3.86. The minimum atomic E-state index is -1.10. The van der Waals surface area contributed by atoms with Crippen LogP contribution in [0.15, 0.2) is 83.8 Å². The van der Waals surface area contributed by atoms with Crippen LogP contribution >= 0.6 is 24.6 Å². The van der Waals surface area contributed by atoms with Gasteiger partial charge in [0, 0.05) is 11.0 Å². The summed E-state index contributed by atoms with van der Waals surface area (Å²) >= 11 is 5.76. The SMILES string of the molecule is CSc1ccccc1NC(=O)C(c1ccccc1)N(S)C(=O)Nc1ccccc1[N+](=O)[O-]. The largest absolute Gasteiger partial charge is 0.332 e. The van der Waals surface area contributed by atoms with Crippen LogP contribution in [-0.2, 0) is 4.79 Å². The second kappa shape index (κ2) is 10.7. The summed E-state index contributed by atoms with van der Waals surface area (Å²) in [6, 6.07) is 19.8. The number of carbonyl (C=O) groups is 2. The molecule has 0 spiro atoms. The van der Waals surface area contributed by atoms with Crippen molar-refractivity contribution in [3.8, 4) is 0 Å². The van der Waals surface area contributed by atoms with E-state index in [-0.39, 0.29) is 11.4 Å². The molecule has 0 radical (unpaired) electrons. The topological polar surface area (TPSA) is 105 Å². The number of amides is 3. The smallest absolute Gasteiger partial charge is 0.323 e. The van der Waals surface area contributed by atoms with Crippen LogP contribution in [0.4, 0.5) is 21.9 Å². The summed E-state index contributed by atoms with van der Waals surface area (Å²) in [6.07, 6.45) is 1.89. The van der Waals surface area contributed by atoms with E-state index in [4.69, 9.17) is 0 Å². The monoisotopic (exact) mass is 468 g/mol. The molecule has 8 nitrogen and oxygen atoms in total. The molecular formula is C22H20N4O4S2. The normalized spacial score (nSPS) is 11.3. The molecule has 3 rings (SSSR count). The first kappa shape index (κ1) is 23.2. The van der Waals surface area contributed by atoms with Crippen LogP contribution < -0.4 is 10.6 Å². The van der Waals surface area contributed by atoms with E-state index in [1.165, 1.54) is 30.0 Å². The lowest BCUT2D eigenvalue weighted by Gasteiger charge is -2.26. The van der Waals surface area contributed by atoms with Crippen molar-refractivity contribution < 1.29 is 14.5 Å². The number of nitro benzene ring substituents is 1. The van der Waals surface area contributed by atoms with Crippen molar-refractivity contribution >= 4 is 53.6 Å². The van der Waals surface area contributed by atoms with Crippen LogP contribution in [0.3, 0.4) is 0 Å². The van der Waals surface area contributed by atoms with E-state index in [0.29, 0.717) is 11.3 Å². The van der Waals surface area contributed by atoms with E-state index >= 15 is 0 Å². The number of anilines is 2. The van der Waals surface area contributed by atoms with E-state index in [1.807, 2.05) is 18.4 Å². The standard InChI is InChI=1S/C22H20N4O4S2/c1-32-19-14-8-6-12-17(19)23-21(27)20(15-9-3-2-4-10-15)25(31)22(28)24-16-11-5-7-13-18(16)26(29)30/h2-14,20,31H,1H3,(H,23,27)(H,24,28). The molecule has 3 aromatic rings. The molecule has 0 saturated carbocycles. The molecule has 0 aliphatic rings. The van der Waals surface area contributed by atoms with Gasteiger partial charge in [-0.2, -0.15) is 0 Å². The number of nitrogens with zero attached hydrogens (tertiary/aromatic N) is 2. The Labute approximate surface area is 194 Å². The molecule has 0 aliphatic heterocycles. The highest BCUT2D eigenvalue weighted by atomic mass is 32.2. The predicted octanol–water partition coefficient (Wildman–Crippen LogP) is 5.38. The number of urea groups is 1. The van der Waals surface area contributed by atoms with E-state index in [0.717, 1.165) is 9.20 Å². The first-order valence-corrected chi connectivity index (χ1v) is 11.1. The third-order valence-electron chi connectivity index (χ3n) is 4.52. The Hall–Kier alpha value is -3.50. The molecule has 0 fully saturated rings. The number of para-hydroxylation sites is 3. The van der Waals surface area contributed by atoms with Gasteiger partial charge in [0.05, 0.1) is 10.6 Å². The molecule has 0 aromatic heterocycles. The third-order valence-corrected chi connectivity index (χ3v) is 5.73. The Balaban J connectivity index is 1.89. The lowest BCUT2D eigenvalue weighted by molar-refractivity contribution is -0.383. The molecule has 10 heteroatoms. The summed E-state index contributed by atoms with van der Waals surface area (Å²) in [5.41, 5.74) is 0.866. The van der Waals surface area contributed by atoms with Gasteiger partial charge in [-0.05, 0) is 30.0 Å². The van der Waals surface area contributed by atoms with Gasteiger partial charge in [0.2, 0.25) is 0 Å². The number of hydrogen-bond donors (Lipinski definition) is 3. The maximum atomic E-state index is 13.3. The number of rotatable bonds is 7. The quantitative estimate of drug-likeness (QED) is 0.187. The maximum absolute atomic E-state index is 13.3. The second-order valence-electron chi connectivity index (χ2n) is 6.55. The fraction of sp³-hybridized carbons (Fsp3) is 0.0909. The average molecular weight is 469 g/mol. The zero-order chi connectivity index (χ0) is 23.1. The lowest BCUT2D eigenvalue weighted by atomic mass is 10.1. The number of thioether (sulfide) groups is 1. The van der Waals surface area contributed by atoms with Crippen LogP contribution in [0.1, 0.15) is 11.6 Å². The Morgan fingerprint density at radius 3 is 2.19 bits per heavy atom. The Morgan fingerprint density at radius 2 is 1.53 bits per heavy atom. The minimum absolute atomic E-state index is 0.00139. The van der Waals surface area contributed by atoms with Crippen molar-refractivity contribution in [3.05, 3.63) is 94.5 Å². The van der Waals surface area contributed by atoms with Gasteiger partial charge in [-0.25, -0.2) is 4.79 Å². The molecule has 1 atom stereocenters. The van der Waals surface area contributed by atoms with Gasteiger partial charge in [-0.15, -0.1) is 11.8 Å². The van der Waals surface area contributed by atoms with Crippen LogP contribution in [0.2, 0.25) is 0 Å². The molecule has 0 aliphatic carbocycles. The Morgan fingerprint density at radius 1 is 0.938 bits per heavy atom. The highest BCUT2D eigenvalue weighted by Crippen LogP contribution is 2.30. The van der Waals surface area contributed by atoms with Gasteiger partial charge >= 0.3 is 6.03 Å². The average Bonchev–Trinajstić information content (AvgIpc) is 2.80. The molecule has 0 bridgehead atoms. The Bertz CT molecular complexity index is 1130. The van der Waals surface area contributed by atoms with Gasteiger partial charge in [-0.1, -0.05) is 67.4 Å². The summed E-state index contributed by atoms with van der Waals surface area (Å²) in [4.78, 5) is 37.7. The number of hydrogen-bond acceptors (Lipinski definition) is 6. The van der Waals surface area contributed by atoms with Crippen molar-refractivity contribution in [1.29, 1.82) is 0 Å². The van der Waals surface area contributed by atoms with Gasteiger partial charge in [-0.3, -0.25) is 19.2 Å². The van der Waals surface area contributed by atoms with E-state index in [2.05, 4.69) is 23.4 Å². The summed E-state index contributed by atoms with van der Waals surface area (Å²) in [6.45, 7) is 0. The molecule has 0 heterocycles. The highest BCUT2D eigenvalue weighted by Gasteiger charge is 2.31. The first-order valence-electron chi connectivity index (χ1n) is 9.43. The number of thiol groups is 1. The Kier molecular flexibility index (Phi) is 7.74. The van der Waals surface area contributed by atoms with Crippen LogP contribution in [0.25, 0.3) is 0 Å². The van der Waals surface area contributed by atoms with E-state index in [1.54, 1.807) is 48.5 Å². The highest BCUT2D eigenvalue weighted by molar-refractivity contribution is 7.98. The summed E-state index contributed by atoms with van der Waals surface area (Å²) in [5, 5.41) is 16.6. The number of carbonyl (C=O) groups excluding carboxylic acids is 2. The molecule has 1 unspecified atom stereocenters. The van der Waals surface area contributed by atoms with Crippen molar-refractivity contribution in [1.82, 2.24) is 4.31 Å². The zero-order valence-corrected chi connectivity index (χ0v) is 18.7. The molecule has 3 aromatic carbocycles. The molecule has 3 amide bonds. The summed E-state index contributed by atoms with van der Waals surface area (Å²) in [7, 11) is 0. The fourth-order valence-electron chi connectivity index (χ4n) is 3.02. The van der Waals surface area contributed by atoms with Crippen LogP contribution in [0.5, 0.6) is 0 Å². The van der Waals surface area contributed by atoms with Gasteiger partial charge < -0.3 is 10.6 Å². The van der Waals surface area contributed by atoms with Crippen molar-refractivity contribution in [3.63, 3.8) is 0 Å². The number of nitro groups is 1. The summed E-state index contributed by atoms with van der Waals surface area (Å²) in [5.74, 6) is -0.481. The van der Waals surface area contributed by atoms with E-state index < -0.39 is 22.9 Å². The molecule has 32 heavy (non-hydrogen) atoms. The van der Waals surface area contributed by atoms with Gasteiger partial charge in [0.25, 0.3) is 11.6 Å². The van der Waals surface area contributed by atoms with Crippen molar-refractivity contribution in [2.24, 2.45) is 0 Å². The van der Waals surface area contributed by atoms with Crippen molar-refractivity contribution in [2.75, 3.05) is 16.9 Å². The predicted molar refractivity (Wildman–Crippen MR) is 129 cm³/mol. The van der Waals surface area contributed by atoms with Crippen molar-refractivity contribution in [2.45, 2.75) is 10.9 Å². The third kappa shape index (κ3) is 5.40. The van der Waals surface area contributed by atoms with Gasteiger partial charge in [0.15, 0.2) is 0 Å². The van der Waals surface area contributed by atoms with Crippen LogP contribution in [-0.4, -0.2) is 27.4 Å². The van der Waals surface area contributed by atoms with Crippen LogP contribution in [0, 0.1) is 10.1 Å². The minimum Gasteiger partial charge on any atom is -0.323 e.